The monoisotopic (exact) mass is 434 g/mol. The molecule has 0 aliphatic carbocycles. The van der Waals surface area contributed by atoms with Gasteiger partial charge in [-0.25, -0.2) is 0 Å². The zero-order chi connectivity index (χ0) is 22.8. The van der Waals surface area contributed by atoms with Gasteiger partial charge in [0.1, 0.15) is 0 Å². The molecule has 1 atom stereocenters. The smallest absolute Gasteiger partial charge is 0.290 e. The van der Waals surface area contributed by atoms with E-state index in [0.717, 1.165) is 32.1 Å². The molecule has 0 heterocycles. The van der Waals surface area contributed by atoms with Crippen molar-refractivity contribution in [2.75, 3.05) is 19.8 Å². The van der Waals surface area contributed by atoms with E-state index in [1.165, 1.54) is 56.1 Å². The van der Waals surface area contributed by atoms with E-state index in [9.17, 15) is 0 Å². The highest BCUT2D eigenvalue weighted by Gasteiger charge is 2.43. The first-order chi connectivity index (χ1) is 15.2. The Kier molecular flexibility index (Phi) is 16.0. The largest absolute Gasteiger partial charge is 0.327 e. The molecule has 1 aromatic carbocycles. The summed E-state index contributed by atoms with van der Waals surface area (Å²) in [6.07, 6.45) is 13.9. The van der Waals surface area contributed by atoms with Crippen molar-refractivity contribution in [2.24, 2.45) is 0 Å². The van der Waals surface area contributed by atoms with Crippen LogP contribution in [0.4, 0.5) is 0 Å². The molecule has 0 aromatic heterocycles. The fourth-order valence-corrected chi connectivity index (χ4v) is 4.04. The van der Waals surface area contributed by atoms with Gasteiger partial charge in [0.05, 0.1) is 25.7 Å². The van der Waals surface area contributed by atoms with E-state index in [2.05, 4.69) is 58.9 Å². The highest BCUT2D eigenvalue weighted by molar-refractivity contribution is 5.26. The molecular weight excluding hydrogens is 384 g/mol. The molecule has 0 fully saturated rings. The molecule has 31 heavy (non-hydrogen) atoms. The minimum Gasteiger partial charge on any atom is -0.327 e. The molecule has 0 radical (unpaired) electrons. The lowest BCUT2D eigenvalue weighted by Crippen LogP contribution is -2.46. The molecule has 0 saturated carbocycles. The summed E-state index contributed by atoms with van der Waals surface area (Å²) in [5, 5.41) is 0. The van der Waals surface area contributed by atoms with Crippen molar-refractivity contribution in [3.63, 3.8) is 0 Å². The normalized spacial score (nSPS) is 12.9. The van der Waals surface area contributed by atoms with Gasteiger partial charge in [-0.1, -0.05) is 104 Å². The highest BCUT2D eigenvalue weighted by Crippen LogP contribution is 2.39. The van der Waals surface area contributed by atoms with Crippen LogP contribution in [0.2, 0.25) is 0 Å². The number of hydrogen-bond donors (Lipinski definition) is 0. The van der Waals surface area contributed by atoms with E-state index < -0.39 is 5.97 Å². The zero-order valence-electron chi connectivity index (χ0n) is 21.2. The van der Waals surface area contributed by atoms with Crippen LogP contribution in [0, 0.1) is 0 Å². The Morgan fingerprint density at radius 1 is 0.613 bits per heavy atom. The Balaban J connectivity index is 3.14. The second kappa shape index (κ2) is 17.6. The molecule has 0 aliphatic heterocycles. The molecule has 3 heteroatoms. The van der Waals surface area contributed by atoms with Gasteiger partial charge in [0.25, 0.3) is 5.97 Å². The summed E-state index contributed by atoms with van der Waals surface area (Å²) in [7, 11) is 0. The van der Waals surface area contributed by atoms with Gasteiger partial charge in [0.15, 0.2) is 0 Å². The lowest BCUT2D eigenvalue weighted by Gasteiger charge is -2.40. The maximum Gasteiger partial charge on any atom is 0.290 e. The lowest BCUT2D eigenvalue weighted by molar-refractivity contribution is -0.392. The minimum atomic E-state index is -0.988. The number of unbranched alkanes of at least 4 members (excludes halogenated alkanes) is 5. The van der Waals surface area contributed by atoms with Crippen LogP contribution in [0.1, 0.15) is 122 Å². The summed E-state index contributed by atoms with van der Waals surface area (Å²) >= 11 is 0. The molecule has 0 saturated heterocycles. The van der Waals surface area contributed by atoms with Crippen LogP contribution in [0.5, 0.6) is 0 Å². The molecule has 1 rings (SSSR count). The van der Waals surface area contributed by atoms with E-state index in [1.54, 1.807) is 0 Å². The van der Waals surface area contributed by atoms with Gasteiger partial charge in [-0.2, -0.15) is 0 Å². The summed E-state index contributed by atoms with van der Waals surface area (Å²) in [5.74, 6) is -0.906. The van der Waals surface area contributed by atoms with E-state index in [0.29, 0.717) is 19.8 Å². The summed E-state index contributed by atoms with van der Waals surface area (Å²) < 4.78 is 19.3. The summed E-state index contributed by atoms with van der Waals surface area (Å²) in [6, 6.07) is 9.11. The van der Waals surface area contributed by atoms with Gasteiger partial charge in [0.2, 0.25) is 0 Å². The molecule has 0 N–H and O–H groups in total. The number of hydrogen-bond acceptors (Lipinski definition) is 3. The molecule has 0 aliphatic rings. The number of benzene rings is 1. The molecule has 3 nitrogen and oxygen atoms in total. The van der Waals surface area contributed by atoms with Crippen LogP contribution in [0.25, 0.3) is 0 Å². The van der Waals surface area contributed by atoms with Crippen molar-refractivity contribution >= 4 is 0 Å². The van der Waals surface area contributed by atoms with Crippen LogP contribution >= 0.6 is 0 Å². The zero-order valence-corrected chi connectivity index (χ0v) is 21.2. The summed E-state index contributed by atoms with van der Waals surface area (Å²) in [6.45, 7) is 12.9. The van der Waals surface area contributed by atoms with Gasteiger partial charge in [0, 0.05) is 0 Å². The Morgan fingerprint density at radius 2 is 1.13 bits per heavy atom. The molecule has 180 valence electrons. The summed E-state index contributed by atoms with van der Waals surface area (Å²) in [5.41, 5.74) is 2.67. The van der Waals surface area contributed by atoms with E-state index in [1.807, 2.05) is 0 Å². The Hall–Kier alpha value is -0.900. The van der Waals surface area contributed by atoms with Gasteiger partial charge in [-0.3, -0.25) is 0 Å². The molecule has 0 bridgehead atoms. The third kappa shape index (κ3) is 10.5. The minimum absolute atomic E-state index is 0.0824. The molecule has 1 aromatic rings. The van der Waals surface area contributed by atoms with Crippen molar-refractivity contribution in [3.05, 3.63) is 35.4 Å². The van der Waals surface area contributed by atoms with Crippen molar-refractivity contribution in [1.29, 1.82) is 0 Å². The topological polar surface area (TPSA) is 27.7 Å². The average molecular weight is 435 g/mol. The van der Waals surface area contributed by atoms with E-state index in [4.69, 9.17) is 14.2 Å². The highest BCUT2D eigenvalue weighted by atomic mass is 16.9. The van der Waals surface area contributed by atoms with E-state index in [-0.39, 0.29) is 5.92 Å². The molecule has 0 spiro atoms. The Morgan fingerprint density at radius 3 is 1.61 bits per heavy atom. The quantitative estimate of drug-likeness (QED) is 0.152. The maximum absolute atomic E-state index is 6.43. The SMILES string of the molecule is CCCCCCCCC(c1ccc(CCC)cc1)C(OCCC)(OCCC)OCCC. The van der Waals surface area contributed by atoms with Crippen molar-refractivity contribution in [1.82, 2.24) is 0 Å². The molecular formula is C28H50O3. The maximum atomic E-state index is 6.43. The Labute approximate surface area is 193 Å². The van der Waals surface area contributed by atoms with Gasteiger partial charge >= 0.3 is 0 Å². The van der Waals surface area contributed by atoms with Gasteiger partial charge in [-0.05, 0) is 43.2 Å². The van der Waals surface area contributed by atoms with Gasteiger partial charge < -0.3 is 14.2 Å². The number of ether oxygens (including phenoxy) is 3. The average Bonchev–Trinajstić information content (AvgIpc) is 2.80. The standard InChI is InChI=1S/C28H50O3/c1-6-11-12-13-14-15-17-27(26-20-18-25(16-7-2)19-21-26)28(29-22-8-3,30-23-9-4)31-24-10-5/h18-21,27H,6-17,22-24H2,1-5H3. The van der Waals surface area contributed by atoms with E-state index >= 15 is 0 Å². The van der Waals surface area contributed by atoms with Crippen LogP contribution in [0.15, 0.2) is 24.3 Å². The summed E-state index contributed by atoms with van der Waals surface area (Å²) in [4.78, 5) is 0. The first-order valence-electron chi connectivity index (χ1n) is 13.2. The van der Waals surface area contributed by atoms with Crippen LogP contribution < -0.4 is 0 Å². The number of aryl methyl sites for hydroxylation is 1. The first-order valence-corrected chi connectivity index (χ1v) is 13.2. The van der Waals surface area contributed by atoms with Crippen molar-refractivity contribution in [3.8, 4) is 0 Å². The van der Waals surface area contributed by atoms with Crippen molar-refractivity contribution < 1.29 is 14.2 Å². The molecule has 0 amide bonds. The fourth-order valence-electron chi connectivity index (χ4n) is 4.04. The predicted octanol–water partition coefficient (Wildman–Crippen LogP) is 8.41. The van der Waals surface area contributed by atoms with Gasteiger partial charge in [-0.15, -0.1) is 0 Å². The second-order valence-electron chi connectivity index (χ2n) is 8.75. The predicted molar refractivity (Wildman–Crippen MR) is 133 cm³/mol. The van der Waals surface area contributed by atoms with Crippen molar-refractivity contribution in [2.45, 2.75) is 124 Å². The van der Waals surface area contributed by atoms with Crippen LogP contribution in [-0.2, 0) is 20.6 Å². The molecule has 1 unspecified atom stereocenters. The third-order valence-electron chi connectivity index (χ3n) is 5.72. The van der Waals surface area contributed by atoms with Crippen LogP contribution in [-0.4, -0.2) is 25.8 Å². The first kappa shape index (κ1) is 28.1. The fraction of sp³-hybridized carbons (Fsp3) is 0.786. The third-order valence-corrected chi connectivity index (χ3v) is 5.72. The lowest BCUT2D eigenvalue weighted by atomic mass is 9.89. The Bertz CT molecular complexity index is 504. The number of rotatable bonds is 20. The second-order valence-corrected chi connectivity index (χ2v) is 8.75. The van der Waals surface area contributed by atoms with Crippen LogP contribution in [0.3, 0.4) is 0 Å².